The lowest BCUT2D eigenvalue weighted by Crippen LogP contribution is -2.46. The lowest BCUT2D eigenvalue weighted by molar-refractivity contribution is -0.122. The van der Waals surface area contributed by atoms with Crippen LogP contribution in [0.15, 0.2) is 30.3 Å². The Hall–Kier alpha value is -1.88. The second-order valence-corrected chi connectivity index (χ2v) is 5.39. The summed E-state index contributed by atoms with van der Waals surface area (Å²) in [6, 6.07) is 9.74. The van der Waals surface area contributed by atoms with Crippen LogP contribution >= 0.6 is 0 Å². The number of para-hydroxylation sites is 1. The third-order valence-electron chi connectivity index (χ3n) is 3.70. The number of rotatable bonds is 5. The Morgan fingerprint density at radius 1 is 1.14 bits per heavy atom. The van der Waals surface area contributed by atoms with Crippen LogP contribution in [0.3, 0.4) is 0 Å². The fourth-order valence-corrected chi connectivity index (χ4v) is 2.49. The highest BCUT2D eigenvalue weighted by atomic mass is 16.2. The largest absolute Gasteiger partial charge is 0.353 e. The topological polar surface area (TPSA) is 61.4 Å². The van der Waals surface area contributed by atoms with Crippen molar-refractivity contribution in [2.45, 2.75) is 32.2 Å². The number of amides is 2. The number of hydrogen-bond donors (Lipinski definition) is 2. The van der Waals surface area contributed by atoms with Gasteiger partial charge in [-0.1, -0.05) is 25.1 Å². The second-order valence-electron chi connectivity index (χ2n) is 5.39. The Balaban J connectivity index is 1.71. The average Bonchev–Trinajstić information content (AvgIpc) is 2.50. The van der Waals surface area contributed by atoms with Gasteiger partial charge >= 0.3 is 0 Å². The molecule has 1 aliphatic heterocycles. The molecule has 5 nitrogen and oxygen atoms in total. The van der Waals surface area contributed by atoms with Crippen LogP contribution < -0.4 is 10.6 Å². The maximum Gasteiger partial charge on any atom is 0.238 e. The highest BCUT2D eigenvalue weighted by Crippen LogP contribution is 2.11. The molecular formula is C16H23N3O2. The van der Waals surface area contributed by atoms with Gasteiger partial charge in [-0.3, -0.25) is 14.5 Å². The van der Waals surface area contributed by atoms with Crippen molar-refractivity contribution in [3.63, 3.8) is 0 Å². The SMILES string of the molecule is CCC(=O)NC1CCN(CC(=O)Nc2ccccc2)CC1. The number of hydrogen-bond acceptors (Lipinski definition) is 3. The highest BCUT2D eigenvalue weighted by Gasteiger charge is 2.21. The van der Waals surface area contributed by atoms with Crippen molar-refractivity contribution in [2.24, 2.45) is 0 Å². The van der Waals surface area contributed by atoms with E-state index in [1.807, 2.05) is 37.3 Å². The van der Waals surface area contributed by atoms with Crippen LogP contribution in [-0.4, -0.2) is 42.4 Å². The smallest absolute Gasteiger partial charge is 0.238 e. The summed E-state index contributed by atoms with van der Waals surface area (Å²) in [5.41, 5.74) is 0.826. The number of nitrogens with one attached hydrogen (secondary N) is 2. The third kappa shape index (κ3) is 5.19. The monoisotopic (exact) mass is 289 g/mol. The van der Waals surface area contributed by atoms with Crippen LogP contribution in [0.4, 0.5) is 5.69 Å². The van der Waals surface area contributed by atoms with Crippen molar-refractivity contribution in [3.8, 4) is 0 Å². The fourth-order valence-electron chi connectivity index (χ4n) is 2.49. The van der Waals surface area contributed by atoms with Gasteiger partial charge in [0.25, 0.3) is 0 Å². The van der Waals surface area contributed by atoms with E-state index in [0.29, 0.717) is 13.0 Å². The average molecular weight is 289 g/mol. The number of carbonyl (C=O) groups excluding carboxylic acids is 2. The number of carbonyl (C=O) groups is 2. The quantitative estimate of drug-likeness (QED) is 0.866. The summed E-state index contributed by atoms with van der Waals surface area (Å²) in [6.07, 6.45) is 2.34. The van der Waals surface area contributed by atoms with Crippen molar-refractivity contribution in [2.75, 3.05) is 25.0 Å². The minimum Gasteiger partial charge on any atom is -0.353 e. The van der Waals surface area contributed by atoms with Crippen LogP contribution in [0.2, 0.25) is 0 Å². The zero-order valence-corrected chi connectivity index (χ0v) is 12.5. The van der Waals surface area contributed by atoms with Crippen LogP contribution in [0.25, 0.3) is 0 Å². The van der Waals surface area contributed by atoms with Crippen LogP contribution in [0, 0.1) is 0 Å². The van der Waals surface area contributed by atoms with E-state index in [2.05, 4.69) is 15.5 Å². The molecule has 1 fully saturated rings. The highest BCUT2D eigenvalue weighted by molar-refractivity contribution is 5.92. The van der Waals surface area contributed by atoms with Crippen molar-refractivity contribution >= 4 is 17.5 Å². The van der Waals surface area contributed by atoms with Gasteiger partial charge in [0.2, 0.25) is 11.8 Å². The molecule has 0 radical (unpaired) electrons. The number of piperidine rings is 1. The normalized spacial score (nSPS) is 16.4. The van der Waals surface area contributed by atoms with Gasteiger partial charge < -0.3 is 10.6 Å². The molecule has 0 unspecified atom stereocenters. The Labute approximate surface area is 125 Å². The molecule has 0 spiro atoms. The first kappa shape index (κ1) is 15.5. The Kier molecular flexibility index (Phi) is 5.75. The lowest BCUT2D eigenvalue weighted by atomic mass is 10.0. The van der Waals surface area contributed by atoms with E-state index in [1.54, 1.807) is 0 Å². The molecule has 2 rings (SSSR count). The summed E-state index contributed by atoms with van der Waals surface area (Å²) < 4.78 is 0. The van der Waals surface area contributed by atoms with E-state index < -0.39 is 0 Å². The van der Waals surface area contributed by atoms with Gasteiger partial charge in [-0.05, 0) is 25.0 Å². The van der Waals surface area contributed by atoms with E-state index in [1.165, 1.54) is 0 Å². The molecule has 114 valence electrons. The van der Waals surface area contributed by atoms with Gasteiger partial charge in [0.15, 0.2) is 0 Å². The molecule has 0 saturated carbocycles. The van der Waals surface area contributed by atoms with Gasteiger partial charge in [0.1, 0.15) is 0 Å². The molecule has 0 aromatic heterocycles. The standard InChI is InChI=1S/C16H23N3O2/c1-2-15(20)17-14-8-10-19(11-9-14)12-16(21)18-13-6-4-3-5-7-13/h3-7,14H,2,8-12H2,1H3,(H,17,20)(H,18,21). The Morgan fingerprint density at radius 3 is 2.43 bits per heavy atom. The first-order valence-electron chi connectivity index (χ1n) is 7.54. The first-order chi connectivity index (χ1) is 10.2. The van der Waals surface area contributed by atoms with Crippen molar-refractivity contribution < 1.29 is 9.59 Å². The number of benzene rings is 1. The zero-order valence-electron chi connectivity index (χ0n) is 12.5. The molecule has 0 bridgehead atoms. The van der Waals surface area contributed by atoms with E-state index in [0.717, 1.165) is 31.6 Å². The second kappa shape index (κ2) is 7.78. The summed E-state index contributed by atoms with van der Waals surface area (Å²) >= 11 is 0. The number of anilines is 1. The molecule has 1 heterocycles. The van der Waals surface area contributed by atoms with E-state index in [4.69, 9.17) is 0 Å². The summed E-state index contributed by atoms with van der Waals surface area (Å²) in [4.78, 5) is 25.4. The predicted molar refractivity (Wildman–Crippen MR) is 83.0 cm³/mol. The molecule has 5 heteroatoms. The maximum atomic E-state index is 12.0. The minimum absolute atomic E-state index is 0.0113. The van der Waals surface area contributed by atoms with Gasteiger partial charge in [-0.15, -0.1) is 0 Å². The summed E-state index contributed by atoms with van der Waals surface area (Å²) in [7, 11) is 0. The van der Waals surface area contributed by atoms with E-state index in [9.17, 15) is 9.59 Å². The van der Waals surface area contributed by atoms with Gasteiger partial charge in [0.05, 0.1) is 6.54 Å². The molecule has 1 aliphatic rings. The molecule has 1 aromatic rings. The van der Waals surface area contributed by atoms with Crippen LogP contribution in [0.1, 0.15) is 26.2 Å². The predicted octanol–water partition coefficient (Wildman–Crippen LogP) is 1.62. The third-order valence-corrected chi connectivity index (χ3v) is 3.70. The Bertz CT molecular complexity index is 468. The van der Waals surface area contributed by atoms with Crippen LogP contribution in [0.5, 0.6) is 0 Å². The molecule has 0 aliphatic carbocycles. The van der Waals surface area contributed by atoms with Crippen LogP contribution in [-0.2, 0) is 9.59 Å². The Morgan fingerprint density at radius 2 is 1.81 bits per heavy atom. The van der Waals surface area contributed by atoms with Crippen molar-refractivity contribution in [3.05, 3.63) is 30.3 Å². The molecule has 21 heavy (non-hydrogen) atoms. The fraction of sp³-hybridized carbons (Fsp3) is 0.500. The van der Waals surface area contributed by atoms with Gasteiger partial charge in [-0.25, -0.2) is 0 Å². The summed E-state index contributed by atoms with van der Waals surface area (Å²) in [5, 5.41) is 5.91. The lowest BCUT2D eigenvalue weighted by Gasteiger charge is -2.31. The number of likely N-dealkylation sites (tertiary alicyclic amines) is 1. The van der Waals surface area contributed by atoms with E-state index >= 15 is 0 Å². The molecule has 2 amide bonds. The van der Waals surface area contributed by atoms with E-state index in [-0.39, 0.29) is 17.9 Å². The molecule has 0 atom stereocenters. The minimum atomic E-state index is 0.0113. The number of nitrogens with zero attached hydrogens (tertiary/aromatic N) is 1. The van der Waals surface area contributed by atoms with Gasteiger partial charge in [0, 0.05) is 31.2 Å². The summed E-state index contributed by atoms with van der Waals surface area (Å²) in [5.74, 6) is 0.118. The van der Waals surface area contributed by atoms with Crippen molar-refractivity contribution in [1.82, 2.24) is 10.2 Å². The molecular weight excluding hydrogens is 266 g/mol. The first-order valence-corrected chi connectivity index (χ1v) is 7.54. The van der Waals surface area contributed by atoms with Gasteiger partial charge in [-0.2, -0.15) is 0 Å². The summed E-state index contributed by atoms with van der Waals surface area (Å²) in [6.45, 7) is 3.95. The molecule has 1 aromatic carbocycles. The zero-order chi connectivity index (χ0) is 15.1. The van der Waals surface area contributed by atoms with Crippen molar-refractivity contribution in [1.29, 1.82) is 0 Å². The molecule has 1 saturated heterocycles. The maximum absolute atomic E-state index is 12.0. The molecule has 2 N–H and O–H groups in total.